The zero-order chi connectivity index (χ0) is 13.8. The summed E-state index contributed by atoms with van der Waals surface area (Å²) in [5, 5.41) is 3.01. The van der Waals surface area contributed by atoms with Crippen LogP contribution in [0.15, 0.2) is 53.4 Å². The highest BCUT2D eigenvalue weighted by molar-refractivity contribution is 7.80. The Morgan fingerprint density at radius 2 is 1.74 bits per heavy atom. The van der Waals surface area contributed by atoms with Gasteiger partial charge in [0, 0.05) is 10.5 Å². The van der Waals surface area contributed by atoms with Crippen LogP contribution in [0.2, 0.25) is 0 Å². The van der Waals surface area contributed by atoms with Crippen LogP contribution >= 0.6 is 12.6 Å². The summed E-state index contributed by atoms with van der Waals surface area (Å²) in [5.41, 5.74) is 2.97. The lowest BCUT2D eigenvalue weighted by Gasteiger charge is -2.16. The smallest absolute Gasteiger partial charge is 0.251 e. The minimum atomic E-state index is -0.0657. The number of benzene rings is 2. The largest absolute Gasteiger partial charge is 0.346 e. The van der Waals surface area contributed by atoms with Crippen LogP contribution in [0.4, 0.5) is 0 Å². The second kappa shape index (κ2) is 5.93. The molecule has 19 heavy (non-hydrogen) atoms. The summed E-state index contributed by atoms with van der Waals surface area (Å²) in [7, 11) is 0. The summed E-state index contributed by atoms with van der Waals surface area (Å²) in [6.07, 6.45) is 0. The van der Waals surface area contributed by atoms with Crippen molar-refractivity contribution in [2.24, 2.45) is 0 Å². The van der Waals surface area contributed by atoms with E-state index in [1.165, 1.54) is 5.56 Å². The molecule has 0 aliphatic rings. The molecule has 0 saturated carbocycles. The third-order valence-corrected chi connectivity index (χ3v) is 3.43. The molecule has 3 heteroatoms. The van der Waals surface area contributed by atoms with E-state index in [9.17, 15) is 4.79 Å². The Bertz CT molecular complexity index is 578. The van der Waals surface area contributed by atoms with Gasteiger partial charge in [-0.1, -0.05) is 24.3 Å². The van der Waals surface area contributed by atoms with Crippen molar-refractivity contribution in [1.29, 1.82) is 0 Å². The second-order valence-corrected chi connectivity index (χ2v) is 5.12. The topological polar surface area (TPSA) is 29.1 Å². The average Bonchev–Trinajstić information content (AvgIpc) is 2.39. The Balaban J connectivity index is 2.11. The second-order valence-electron chi connectivity index (χ2n) is 4.60. The standard InChI is InChI=1S/C16H17NOS/c1-11-5-3-4-6-15(11)12(2)17-16(18)13-7-9-14(19)10-8-13/h3-10,12,19H,1-2H3,(H,17,18). The van der Waals surface area contributed by atoms with Gasteiger partial charge in [-0.2, -0.15) is 0 Å². The van der Waals surface area contributed by atoms with Gasteiger partial charge < -0.3 is 5.32 Å². The molecule has 98 valence electrons. The van der Waals surface area contributed by atoms with E-state index in [0.717, 1.165) is 10.5 Å². The molecule has 2 aromatic rings. The number of thiol groups is 1. The van der Waals surface area contributed by atoms with Crippen molar-refractivity contribution in [3.63, 3.8) is 0 Å². The van der Waals surface area contributed by atoms with Gasteiger partial charge in [0.15, 0.2) is 0 Å². The summed E-state index contributed by atoms with van der Waals surface area (Å²) in [4.78, 5) is 13.0. The number of carbonyl (C=O) groups excluding carboxylic acids is 1. The maximum Gasteiger partial charge on any atom is 0.251 e. The average molecular weight is 271 g/mol. The maximum atomic E-state index is 12.1. The lowest BCUT2D eigenvalue weighted by Crippen LogP contribution is -2.27. The summed E-state index contributed by atoms with van der Waals surface area (Å²) in [6, 6.07) is 15.3. The number of rotatable bonds is 3. The Kier molecular flexibility index (Phi) is 4.27. The van der Waals surface area contributed by atoms with Gasteiger partial charge in [-0.25, -0.2) is 0 Å². The molecule has 0 aliphatic heterocycles. The molecule has 0 heterocycles. The van der Waals surface area contributed by atoms with Crippen molar-refractivity contribution in [2.45, 2.75) is 24.8 Å². The van der Waals surface area contributed by atoms with E-state index in [2.05, 4.69) is 17.9 Å². The van der Waals surface area contributed by atoms with Crippen molar-refractivity contribution in [1.82, 2.24) is 5.32 Å². The van der Waals surface area contributed by atoms with Crippen LogP contribution in [0.1, 0.15) is 34.5 Å². The molecule has 1 amide bonds. The van der Waals surface area contributed by atoms with Crippen molar-refractivity contribution < 1.29 is 4.79 Å². The molecule has 2 aromatic carbocycles. The van der Waals surface area contributed by atoms with E-state index in [1.54, 1.807) is 12.1 Å². The van der Waals surface area contributed by atoms with Gasteiger partial charge in [-0.15, -0.1) is 12.6 Å². The lowest BCUT2D eigenvalue weighted by atomic mass is 10.0. The van der Waals surface area contributed by atoms with Crippen molar-refractivity contribution >= 4 is 18.5 Å². The normalized spacial score (nSPS) is 11.9. The van der Waals surface area contributed by atoms with E-state index in [1.807, 2.05) is 50.2 Å². The van der Waals surface area contributed by atoms with E-state index >= 15 is 0 Å². The van der Waals surface area contributed by atoms with Gasteiger partial charge in [-0.05, 0) is 49.2 Å². The monoisotopic (exact) mass is 271 g/mol. The summed E-state index contributed by atoms with van der Waals surface area (Å²) >= 11 is 4.21. The van der Waals surface area contributed by atoms with Crippen LogP contribution in [0.3, 0.4) is 0 Å². The lowest BCUT2D eigenvalue weighted by molar-refractivity contribution is 0.0940. The molecule has 2 nitrogen and oxygen atoms in total. The number of nitrogens with one attached hydrogen (secondary N) is 1. The predicted octanol–water partition coefficient (Wildman–Crippen LogP) is 3.77. The predicted molar refractivity (Wildman–Crippen MR) is 80.8 cm³/mol. The molecule has 0 radical (unpaired) electrons. The fraction of sp³-hybridized carbons (Fsp3) is 0.188. The number of amides is 1. The Morgan fingerprint density at radius 1 is 1.11 bits per heavy atom. The minimum Gasteiger partial charge on any atom is -0.346 e. The Labute approximate surface area is 119 Å². The fourth-order valence-corrected chi connectivity index (χ4v) is 2.19. The molecule has 0 aliphatic carbocycles. The maximum absolute atomic E-state index is 12.1. The third kappa shape index (κ3) is 3.38. The van der Waals surface area contributed by atoms with Crippen LogP contribution in [0.25, 0.3) is 0 Å². The highest BCUT2D eigenvalue weighted by Crippen LogP contribution is 2.17. The molecule has 1 atom stereocenters. The van der Waals surface area contributed by atoms with Crippen LogP contribution in [-0.2, 0) is 0 Å². The van der Waals surface area contributed by atoms with E-state index in [-0.39, 0.29) is 11.9 Å². The molecule has 0 aromatic heterocycles. The molecule has 2 rings (SSSR count). The summed E-state index contributed by atoms with van der Waals surface area (Å²) in [6.45, 7) is 4.04. The summed E-state index contributed by atoms with van der Waals surface area (Å²) < 4.78 is 0. The van der Waals surface area contributed by atoms with Crippen LogP contribution in [0, 0.1) is 6.92 Å². The van der Waals surface area contributed by atoms with Gasteiger partial charge in [-0.3, -0.25) is 4.79 Å². The highest BCUT2D eigenvalue weighted by atomic mass is 32.1. The van der Waals surface area contributed by atoms with E-state index in [4.69, 9.17) is 0 Å². The number of hydrogen-bond acceptors (Lipinski definition) is 2. The van der Waals surface area contributed by atoms with Gasteiger partial charge in [0.2, 0.25) is 0 Å². The van der Waals surface area contributed by atoms with Crippen molar-refractivity contribution in [3.05, 3.63) is 65.2 Å². The van der Waals surface area contributed by atoms with Crippen LogP contribution < -0.4 is 5.32 Å². The quantitative estimate of drug-likeness (QED) is 0.817. The van der Waals surface area contributed by atoms with E-state index < -0.39 is 0 Å². The Morgan fingerprint density at radius 3 is 2.37 bits per heavy atom. The summed E-state index contributed by atoms with van der Waals surface area (Å²) in [5.74, 6) is -0.0657. The van der Waals surface area contributed by atoms with Gasteiger partial charge >= 0.3 is 0 Å². The fourth-order valence-electron chi connectivity index (χ4n) is 2.04. The zero-order valence-electron chi connectivity index (χ0n) is 11.1. The molecule has 0 fully saturated rings. The van der Waals surface area contributed by atoms with Crippen molar-refractivity contribution in [2.75, 3.05) is 0 Å². The van der Waals surface area contributed by atoms with Crippen molar-refractivity contribution in [3.8, 4) is 0 Å². The van der Waals surface area contributed by atoms with Gasteiger partial charge in [0.05, 0.1) is 6.04 Å². The van der Waals surface area contributed by atoms with Gasteiger partial charge in [0.1, 0.15) is 0 Å². The first kappa shape index (κ1) is 13.7. The minimum absolute atomic E-state index is 0.00984. The first-order valence-electron chi connectivity index (χ1n) is 6.23. The first-order valence-corrected chi connectivity index (χ1v) is 6.68. The number of hydrogen-bond donors (Lipinski definition) is 2. The first-order chi connectivity index (χ1) is 9.08. The molecule has 1 unspecified atom stereocenters. The zero-order valence-corrected chi connectivity index (χ0v) is 11.9. The SMILES string of the molecule is Cc1ccccc1C(C)NC(=O)c1ccc(S)cc1. The number of carbonyl (C=O) groups is 1. The number of aryl methyl sites for hydroxylation is 1. The molecule has 0 bridgehead atoms. The molecular formula is C16H17NOS. The highest BCUT2D eigenvalue weighted by Gasteiger charge is 2.12. The molecular weight excluding hydrogens is 254 g/mol. The third-order valence-electron chi connectivity index (χ3n) is 3.13. The van der Waals surface area contributed by atoms with E-state index in [0.29, 0.717) is 5.56 Å². The Hall–Kier alpha value is -1.74. The molecule has 0 saturated heterocycles. The van der Waals surface area contributed by atoms with Crippen LogP contribution in [0.5, 0.6) is 0 Å². The van der Waals surface area contributed by atoms with Crippen LogP contribution in [-0.4, -0.2) is 5.91 Å². The van der Waals surface area contributed by atoms with Gasteiger partial charge in [0.25, 0.3) is 5.91 Å². The molecule has 1 N–H and O–H groups in total. The molecule has 0 spiro atoms.